The maximum Gasteiger partial charge on any atom is 0.229 e. The maximum atomic E-state index is 12.5. The van der Waals surface area contributed by atoms with Gasteiger partial charge in [-0.15, -0.1) is 0 Å². The number of hydrogen-bond donors (Lipinski definition) is 10. The van der Waals surface area contributed by atoms with Gasteiger partial charge in [0, 0.05) is 30.1 Å². The average molecular weight is 783 g/mol. The fourth-order valence-electron chi connectivity index (χ4n) is 7.21. The molecule has 1 aromatic carbocycles. The van der Waals surface area contributed by atoms with E-state index in [0.29, 0.717) is 25.1 Å². The third kappa shape index (κ3) is 14.2. The van der Waals surface area contributed by atoms with Gasteiger partial charge in [0.15, 0.2) is 6.29 Å². The molecule has 0 bridgehead atoms. The molecule has 55 heavy (non-hydrogen) atoms. The van der Waals surface area contributed by atoms with Gasteiger partial charge in [0.05, 0.1) is 19.3 Å². The average Bonchev–Trinajstić information content (AvgIpc) is 3.57. The van der Waals surface area contributed by atoms with Crippen molar-refractivity contribution in [2.75, 3.05) is 19.8 Å². The van der Waals surface area contributed by atoms with Crippen molar-refractivity contribution in [2.45, 2.75) is 177 Å². The molecule has 11 atom stereocenters. The molecule has 15 nitrogen and oxygen atoms in total. The SMILES string of the molecule is CC(O)CCCCCCCCCCCCCCCC(=O)NCCc1c[nH]c2ccc(O[C@@H]3O[C@H](COC4O[C@H](CO)[C@@H](O)[C@H](O)[C@H]4O)[C@@H](O)[C@H](O)[C@H]3O)cc12. The number of hydrogen-bond acceptors (Lipinski definition) is 13. The number of nitrogens with one attached hydrogen (secondary N) is 2. The van der Waals surface area contributed by atoms with Crippen LogP contribution in [0.25, 0.3) is 10.9 Å². The minimum atomic E-state index is -1.68. The van der Waals surface area contributed by atoms with Gasteiger partial charge in [0.2, 0.25) is 12.2 Å². The lowest BCUT2D eigenvalue weighted by atomic mass is 9.98. The van der Waals surface area contributed by atoms with Crippen molar-refractivity contribution in [1.82, 2.24) is 10.3 Å². The molecule has 10 N–H and O–H groups in total. The Morgan fingerprint density at radius 2 is 1.33 bits per heavy atom. The number of unbranched alkanes of at least 4 members (excludes halogenated alkanes) is 12. The summed E-state index contributed by atoms with van der Waals surface area (Å²) in [4.78, 5) is 15.7. The number of aromatic amines is 1. The van der Waals surface area contributed by atoms with Gasteiger partial charge in [-0.2, -0.15) is 0 Å². The number of fused-ring (bicyclic) bond motifs is 1. The topological polar surface area (TPSA) is 244 Å². The van der Waals surface area contributed by atoms with Gasteiger partial charge in [0.25, 0.3) is 0 Å². The van der Waals surface area contributed by atoms with Crippen LogP contribution in [0, 0.1) is 0 Å². The summed E-state index contributed by atoms with van der Waals surface area (Å²) < 4.78 is 22.5. The molecule has 3 heterocycles. The number of aliphatic hydroxyl groups is 8. The minimum Gasteiger partial charge on any atom is -0.462 e. The van der Waals surface area contributed by atoms with E-state index in [1.54, 1.807) is 18.2 Å². The molecule has 314 valence electrons. The molecule has 2 saturated heterocycles. The molecule has 2 unspecified atom stereocenters. The van der Waals surface area contributed by atoms with Crippen LogP contribution in [0.4, 0.5) is 0 Å². The molecule has 0 saturated carbocycles. The first kappa shape index (κ1) is 45.3. The van der Waals surface area contributed by atoms with E-state index in [4.69, 9.17) is 18.9 Å². The Labute approximate surface area is 324 Å². The summed E-state index contributed by atoms with van der Waals surface area (Å²) in [5, 5.41) is 84.6. The summed E-state index contributed by atoms with van der Waals surface area (Å²) in [6.45, 7) is 1.21. The second-order valence-corrected chi connectivity index (χ2v) is 15.3. The second-order valence-electron chi connectivity index (χ2n) is 15.3. The Morgan fingerprint density at radius 1 is 0.764 bits per heavy atom. The zero-order valence-corrected chi connectivity index (χ0v) is 32.2. The molecular formula is C40H66N2O13. The maximum absolute atomic E-state index is 12.5. The number of aromatic nitrogens is 1. The summed E-state index contributed by atoms with van der Waals surface area (Å²) >= 11 is 0. The molecule has 0 aliphatic carbocycles. The Morgan fingerprint density at radius 3 is 1.95 bits per heavy atom. The smallest absolute Gasteiger partial charge is 0.229 e. The van der Waals surface area contributed by atoms with Crippen molar-refractivity contribution in [3.63, 3.8) is 0 Å². The van der Waals surface area contributed by atoms with E-state index in [9.17, 15) is 45.6 Å². The van der Waals surface area contributed by atoms with Crippen LogP contribution < -0.4 is 10.1 Å². The van der Waals surface area contributed by atoms with E-state index < -0.39 is 74.6 Å². The monoisotopic (exact) mass is 782 g/mol. The first-order valence-electron chi connectivity index (χ1n) is 20.3. The first-order chi connectivity index (χ1) is 26.5. The van der Waals surface area contributed by atoms with E-state index in [0.717, 1.165) is 48.6 Å². The number of benzene rings is 1. The van der Waals surface area contributed by atoms with Crippen molar-refractivity contribution in [3.05, 3.63) is 30.0 Å². The molecule has 2 fully saturated rings. The molecule has 15 heteroatoms. The Kier molecular flexibility index (Phi) is 19.5. The Bertz CT molecular complexity index is 1380. The summed E-state index contributed by atoms with van der Waals surface area (Å²) in [5.74, 6) is 0.346. The van der Waals surface area contributed by atoms with Crippen molar-refractivity contribution >= 4 is 16.8 Å². The van der Waals surface area contributed by atoms with Crippen LogP contribution in [0.2, 0.25) is 0 Å². The highest BCUT2D eigenvalue weighted by atomic mass is 16.7. The predicted molar refractivity (Wildman–Crippen MR) is 203 cm³/mol. The highest BCUT2D eigenvalue weighted by Crippen LogP contribution is 2.30. The zero-order valence-electron chi connectivity index (χ0n) is 32.2. The minimum absolute atomic E-state index is 0.0315. The third-order valence-electron chi connectivity index (χ3n) is 10.7. The lowest BCUT2D eigenvalue weighted by Crippen LogP contribution is -2.62. The summed E-state index contributed by atoms with van der Waals surface area (Å²) in [6.07, 6.45) is 4.14. The highest BCUT2D eigenvalue weighted by molar-refractivity contribution is 5.84. The summed E-state index contributed by atoms with van der Waals surface area (Å²) in [7, 11) is 0. The van der Waals surface area contributed by atoms with Gasteiger partial charge in [-0.1, -0.05) is 77.0 Å². The highest BCUT2D eigenvalue weighted by Gasteiger charge is 2.48. The van der Waals surface area contributed by atoms with Crippen LogP contribution in [-0.4, -0.2) is 139 Å². The van der Waals surface area contributed by atoms with E-state index in [1.165, 1.54) is 57.8 Å². The van der Waals surface area contributed by atoms with E-state index >= 15 is 0 Å². The van der Waals surface area contributed by atoms with Gasteiger partial charge < -0.3 is 70.1 Å². The quantitative estimate of drug-likeness (QED) is 0.0650. The number of carbonyl (C=O) groups excluding carboxylic acids is 1. The second kappa shape index (κ2) is 23.7. The fraction of sp³-hybridized carbons (Fsp3) is 0.775. The number of amides is 1. The first-order valence-corrected chi connectivity index (χ1v) is 20.3. The van der Waals surface area contributed by atoms with E-state index in [-0.39, 0.29) is 12.0 Å². The van der Waals surface area contributed by atoms with Gasteiger partial charge in [0.1, 0.15) is 54.6 Å². The van der Waals surface area contributed by atoms with Gasteiger partial charge in [-0.3, -0.25) is 4.79 Å². The standard InChI is InChI=1S/C40H66N2O13/c1-25(44)15-13-11-9-7-5-3-2-4-6-8-10-12-14-16-32(45)41-20-19-26-22-42-29-18-17-27(21-28(26)29)53-40-38(51)36(49)34(47)31(55-40)24-52-39-37(50)35(48)33(46)30(23-43)54-39/h17-18,21-22,25,30-31,33-40,42-44,46-51H,2-16,19-20,23-24H2,1H3,(H,41,45)/t25?,30-,31-,33-,34-,35+,36+,37-,38-,39?,40-/m1/s1. The molecule has 2 aliphatic rings. The molecule has 0 spiro atoms. The predicted octanol–water partition coefficient (Wildman–Crippen LogP) is 2.06. The largest absolute Gasteiger partial charge is 0.462 e. The number of rotatable bonds is 25. The summed E-state index contributed by atoms with van der Waals surface area (Å²) in [5.41, 5.74) is 1.78. The Balaban J connectivity index is 1.13. The zero-order chi connectivity index (χ0) is 39.7. The van der Waals surface area contributed by atoms with Gasteiger partial charge in [-0.05, 0) is 49.9 Å². The molecule has 4 rings (SSSR count). The van der Waals surface area contributed by atoms with Crippen molar-refractivity contribution in [3.8, 4) is 5.75 Å². The fourth-order valence-corrected chi connectivity index (χ4v) is 7.21. The van der Waals surface area contributed by atoms with Crippen molar-refractivity contribution in [2.24, 2.45) is 0 Å². The van der Waals surface area contributed by atoms with Crippen LogP contribution >= 0.6 is 0 Å². The van der Waals surface area contributed by atoms with E-state index in [1.807, 2.05) is 13.1 Å². The summed E-state index contributed by atoms with van der Waals surface area (Å²) in [6, 6.07) is 5.19. The number of H-pyrrole nitrogens is 1. The van der Waals surface area contributed by atoms with E-state index in [2.05, 4.69) is 10.3 Å². The van der Waals surface area contributed by atoms with Gasteiger partial charge >= 0.3 is 0 Å². The molecule has 2 aromatic rings. The van der Waals surface area contributed by atoms with Crippen molar-refractivity contribution in [1.29, 1.82) is 0 Å². The number of carbonyl (C=O) groups is 1. The lowest BCUT2D eigenvalue weighted by Gasteiger charge is -2.42. The molecule has 0 radical (unpaired) electrons. The third-order valence-corrected chi connectivity index (χ3v) is 10.7. The number of aliphatic hydroxyl groups excluding tert-OH is 8. The molecule has 2 aliphatic heterocycles. The molecular weight excluding hydrogens is 716 g/mol. The molecule has 1 aromatic heterocycles. The lowest BCUT2D eigenvalue weighted by molar-refractivity contribution is -0.323. The van der Waals surface area contributed by atoms with Crippen molar-refractivity contribution < 1.29 is 64.6 Å². The Hall–Kier alpha value is -2.41. The van der Waals surface area contributed by atoms with Crippen LogP contribution in [0.5, 0.6) is 5.75 Å². The van der Waals surface area contributed by atoms with Gasteiger partial charge in [-0.25, -0.2) is 0 Å². The molecule has 1 amide bonds. The normalized spacial score (nSPS) is 29.0. The van der Waals surface area contributed by atoms with Crippen LogP contribution in [0.15, 0.2) is 24.4 Å². The van der Waals surface area contributed by atoms with Crippen LogP contribution in [0.3, 0.4) is 0 Å². The van der Waals surface area contributed by atoms with Crippen LogP contribution in [0.1, 0.15) is 109 Å². The van der Waals surface area contributed by atoms with Crippen LogP contribution in [-0.2, 0) is 25.4 Å². The number of ether oxygens (including phenoxy) is 4.